The van der Waals surface area contributed by atoms with E-state index in [1.165, 1.54) is 45.2 Å². The van der Waals surface area contributed by atoms with Crippen molar-refractivity contribution in [2.24, 2.45) is 14.1 Å². The van der Waals surface area contributed by atoms with Crippen molar-refractivity contribution in [1.29, 1.82) is 0 Å². The summed E-state index contributed by atoms with van der Waals surface area (Å²) in [6.07, 6.45) is 2.87. The molecule has 0 bridgehead atoms. The quantitative estimate of drug-likeness (QED) is 0.319. The molecule has 1 fully saturated rings. The van der Waals surface area contributed by atoms with Crippen LogP contribution in [0.3, 0.4) is 0 Å². The zero-order valence-corrected chi connectivity index (χ0v) is 16.1. The minimum atomic E-state index is -0.972. The third kappa shape index (κ3) is 2.83. The van der Waals surface area contributed by atoms with E-state index < -0.39 is 46.1 Å². The molecule has 0 saturated carbocycles. The maximum atomic E-state index is 12.8. The molecule has 3 rings (SSSR count). The Morgan fingerprint density at radius 2 is 1.34 bits per heavy atom. The van der Waals surface area contributed by atoms with Crippen LogP contribution in [0.25, 0.3) is 5.70 Å². The maximum Gasteiger partial charge on any atom is 0.333 e. The molecule has 2 aromatic heterocycles. The van der Waals surface area contributed by atoms with Gasteiger partial charge in [0.1, 0.15) is 5.56 Å². The Balaban J connectivity index is 2.54. The average Bonchev–Trinajstić information content (AvgIpc) is 2.73. The third-order valence-electron chi connectivity index (χ3n) is 4.67. The Kier molecular flexibility index (Phi) is 4.66. The standard InChI is InChI=1S/C18H17N5O6/c1-19-13(24)10(14(25)20(2)17(19)28)12(23-8-6-5-7-9-23)11-15(26)21(3)18(29)22(4)16(11)27/h5-9H,1-4H3. The lowest BCUT2D eigenvalue weighted by Crippen LogP contribution is -2.55. The van der Waals surface area contributed by atoms with Gasteiger partial charge in [0.25, 0.3) is 17.4 Å². The fraction of sp³-hybridized carbons (Fsp3) is 0.222. The first-order chi connectivity index (χ1) is 13.6. The van der Waals surface area contributed by atoms with Crippen LogP contribution in [-0.2, 0) is 23.7 Å². The lowest BCUT2D eigenvalue weighted by atomic mass is 10.0. The number of urea groups is 1. The van der Waals surface area contributed by atoms with Gasteiger partial charge >= 0.3 is 11.7 Å². The van der Waals surface area contributed by atoms with Crippen molar-refractivity contribution in [2.75, 3.05) is 14.1 Å². The number of amides is 4. The molecular formula is C18H17N5O6. The monoisotopic (exact) mass is 399 g/mol. The number of hydrogen-bond acceptors (Lipinski definition) is 6. The summed E-state index contributed by atoms with van der Waals surface area (Å²) in [4.78, 5) is 64.1. The molecule has 0 aromatic carbocycles. The van der Waals surface area contributed by atoms with E-state index in [-0.39, 0.29) is 5.70 Å². The number of nitrogens with zero attached hydrogens (tertiary/aromatic N) is 5. The topological polar surface area (TPSA) is 129 Å². The lowest BCUT2D eigenvalue weighted by molar-refractivity contribution is -0.579. The van der Waals surface area contributed by atoms with Gasteiger partial charge in [-0.3, -0.25) is 28.8 Å². The van der Waals surface area contributed by atoms with E-state index >= 15 is 0 Å². The smallest absolute Gasteiger partial charge is 0.333 e. The summed E-state index contributed by atoms with van der Waals surface area (Å²) in [5.74, 6) is -2.92. The Hall–Kier alpha value is -4.02. The number of carbonyl (C=O) groups is 3. The van der Waals surface area contributed by atoms with Crippen molar-refractivity contribution in [1.82, 2.24) is 18.9 Å². The zero-order valence-electron chi connectivity index (χ0n) is 16.1. The molecule has 0 aliphatic carbocycles. The van der Waals surface area contributed by atoms with Gasteiger partial charge < -0.3 is 9.67 Å². The number of pyridine rings is 1. The van der Waals surface area contributed by atoms with Crippen LogP contribution >= 0.6 is 0 Å². The number of hydrogen-bond donors (Lipinski definition) is 0. The second-order valence-electron chi connectivity index (χ2n) is 6.40. The summed E-state index contributed by atoms with van der Waals surface area (Å²) < 4.78 is 2.67. The van der Waals surface area contributed by atoms with E-state index in [0.717, 1.165) is 0 Å². The predicted octanol–water partition coefficient (Wildman–Crippen LogP) is -2.25. The van der Waals surface area contributed by atoms with Crippen molar-refractivity contribution >= 4 is 23.5 Å². The molecule has 150 valence electrons. The van der Waals surface area contributed by atoms with Gasteiger partial charge in [0.2, 0.25) is 5.70 Å². The first kappa shape index (κ1) is 19.7. The van der Waals surface area contributed by atoms with Gasteiger partial charge in [-0.25, -0.2) is 9.59 Å². The van der Waals surface area contributed by atoms with Crippen molar-refractivity contribution in [3.05, 3.63) is 62.6 Å². The van der Waals surface area contributed by atoms with Crippen molar-refractivity contribution in [3.63, 3.8) is 0 Å². The van der Waals surface area contributed by atoms with Crippen LogP contribution in [0.5, 0.6) is 5.88 Å². The molecule has 11 nitrogen and oxygen atoms in total. The van der Waals surface area contributed by atoms with E-state index in [1.807, 2.05) is 0 Å². The van der Waals surface area contributed by atoms with Crippen LogP contribution in [0.15, 0.2) is 45.8 Å². The van der Waals surface area contributed by atoms with Crippen LogP contribution < -0.4 is 20.9 Å². The van der Waals surface area contributed by atoms with E-state index in [4.69, 9.17) is 0 Å². The van der Waals surface area contributed by atoms with Gasteiger partial charge in [-0.2, -0.15) is 4.57 Å². The minimum absolute atomic E-state index is 0.312. The van der Waals surface area contributed by atoms with Gasteiger partial charge in [-0.1, -0.05) is 6.07 Å². The number of imide groups is 2. The molecule has 0 spiro atoms. The average molecular weight is 399 g/mol. The van der Waals surface area contributed by atoms with Gasteiger partial charge in [-0.15, -0.1) is 0 Å². The third-order valence-corrected chi connectivity index (χ3v) is 4.67. The van der Waals surface area contributed by atoms with E-state index in [0.29, 0.717) is 18.9 Å². The second kappa shape index (κ2) is 6.86. The van der Waals surface area contributed by atoms with Crippen LogP contribution in [0, 0.1) is 0 Å². The fourth-order valence-electron chi connectivity index (χ4n) is 2.99. The molecule has 2 aromatic rings. The summed E-state index contributed by atoms with van der Waals surface area (Å²) in [5.41, 5.74) is -3.22. The molecule has 0 atom stereocenters. The maximum absolute atomic E-state index is 12.8. The van der Waals surface area contributed by atoms with E-state index in [1.54, 1.807) is 18.2 Å². The number of aromatic nitrogens is 3. The van der Waals surface area contributed by atoms with Crippen LogP contribution in [0.1, 0.15) is 5.56 Å². The zero-order chi connectivity index (χ0) is 21.6. The first-order valence-corrected chi connectivity index (χ1v) is 8.38. The van der Waals surface area contributed by atoms with Crippen molar-refractivity contribution < 1.29 is 24.1 Å². The summed E-state index contributed by atoms with van der Waals surface area (Å²) in [7, 11) is 4.71. The highest BCUT2D eigenvalue weighted by Crippen LogP contribution is 2.24. The summed E-state index contributed by atoms with van der Waals surface area (Å²) in [6, 6.07) is 3.93. The van der Waals surface area contributed by atoms with Crippen molar-refractivity contribution in [2.45, 2.75) is 0 Å². The Morgan fingerprint density at radius 3 is 1.86 bits per heavy atom. The number of rotatable bonds is 2. The molecule has 1 aliphatic rings. The molecular weight excluding hydrogens is 382 g/mol. The molecule has 1 aliphatic heterocycles. The molecule has 0 radical (unpaired) electrons. The molecule has 0 N–H and O–H groups in total. The SMILES string of the molecule is CN1C(=O)C(=C(c2c([O-])n(C)c(=O)n(C)c2=O)[n+]2ccccc2)C(=O)N(C)C1=O. The molecule has 0 unspecified atom stereocenters. The van der Waals surface area contributed by atoms with Gasteiger partial charge in [0.15, 0.2) is 18.0 Å². The van der Waals surface area contributed by atoms with Gasteiger partial charge in [-0.05, 0) is 5.88 Å². The minimum Gasteiger partial charge on any atom is -0.859 e. The number of likely N-dealkylation sites (N-methyl/N-ethyl adjacent to an activating group) is 2. The highest BCUT2D eigenvalue weighted by atomic mass is 16.3. The lowest BCUT2D eigenvalue weighted by Gasteiger charge is -2.29. The molecule has 11 heteroatoms. The summed E-state index contributed by atoms with van der Waals surface area (Å²) >= 11 is 0. The van der Waals surface area contributed by atoms with Crippen LogP contribution in [0.2, 0.25) is 0 Å². The summed E-state index contributed by atoms with van der Waals surface area (Å²) in [6.45, 7) is 0. The van der Waals surface area contributed by atoms with E-state index in [9.17, 15) is 29.1 Å². The number of barbiturate groups is 1. The molecule has 4 amide bonds. The molecule has 29 heavy (non-hydrogen) atoms. The number of carbonyl (C=O) groups excluding carboxylic acids is 3. The second-order valence-corrected chi connectivity index (χ2v) is 6.40. The van der Waals surface area contributed by atoms with Crippen molar-refractivity contribution in [3.8, 4) is 5.88 Å². The Bertz CT molecular complexity index is 1180. The Morgan fingerprint density at radius 1 is 0.828 bits per heavy atom. The fourth-order valence-corrected chi connectivity index (χ4v) is 2.99. The molecule has 3 heterocycles. The highest BCUT2D eigenvalue weighted by molar-refractivity contribution is 6.31. The van der Waals surface area contributed by atoms with E-state index in [2.05, 4.69) is 0 Å². The van der Waals surface area contributed by atoms with Crippen LogP contribution in [-0.4, -0.2) is 50.9 Å². The van der Waals surface area contributed by atoms with Crippen LogP contribution in [0.4, 0.5) is 4.79 Å². The van der Waals surface area contributed by atoms with Gasteiger partial charge in [0.05, 0.1) is 0 Å². The first-order valence-electron chi connectivity index (χ1n) is 8.38. The normalized spacial score (nSPS) is 14.6. The molecule has 1 saturated heterocycles. The largest absolute Gasteiger partial charge is 0.859 e. The summed E-state index contributed by atoms with van der Waals surface area (Å²) in [5, 5.41) is 12.8. The van der Waals surface area contributed by atoms with Gasteiger partial charge in [0, 0.05) is 40.3 Å². The Labute approximate surface area is 163 Å². The highest BCUT2D eigenvalue weighted by Gasteiger charge is 2.44. The predicted molar refractivity (Wildman–Crippen MR) is 96.3 cm³/mol.